The molecular formula is C38H76O3. The Labute approximate surface area is 258 Å². The molecule has 0 amide bonds. The molecule has 0 aromatic heterocycles. The quantitative estimate of drug-likeness (QED) is 0.0620. The lowest BCUT2D eigenvalue weighted by Gasteiger charge is -2.23. The zero-order valence-corrected chi connectivity index (χ0v) is 28.7. The van der Waals surface area contributed by atoms with Gasteiger partial charge in [-0.25, -0.2) is 0 Å². The van der Waals surface area contributed by atoms with Crippen LogP contribution in [0.15, 0.2) is 0 Å². The maximum absolute atomic E-state index is 13.1. The minimum Gasteiger partial charge on any atom is -0.465 e. The topological polar surface area (TPSA) is 46.5 Å². The molecule has 0 fully saturated rings. The highest BCUT2D eigenvalue weighted by Gasteiger charge is 2.25. The standard InChI is InChI=1S/C38H76O3/c1-5-8-11-14-15-16-17-21-24-29-34-41-38(40)37(35(4)30-25-12-9-6-2)33-28-23-20-18-19-22-27-32-36(39)31-26-13-10-7-3/h35-37,39H,5-34H2,1-4H3. The Morgan fingerprint density at radius 2 is 0.829 bits per heavy atom. The Kier molecular flexibility index (Phi) is 31.9. The summed E-state index contributed by atoms with van der Waals surface area (Å²) in [6.07, 6.45) is 35.8. The largest absolute Gasteiger partial charge is 0.465 e. The van der Waals surface area contributed by atoms with E-state index in [1.807, 2.05) is 0 Å². The molecule has 3 heteroatoms. The van der Waals surface area contributed by atoms with Crippen LogP contribution in [0.4, 0.5) is 0 Å². The second kappa shape index (κ2) is 32.3. The summed E-state index contributed by atoms with van der Waals surface area (Å²) in [5.74, 6) is 0.594. The molecule has 41 heavy (non-hydrogen) atoms. The third kappa shape index (κ3) is 28.0. The molecule has 0 saturated carbocycles. The number of unbranched alkanes of at least 4 members (excludes halogenated alkanes) is 21. The van der Waals surface area contributed by atoms with Crippen molar-refractivity contribution in [2.75, 3.05) is 6.61 Å². The lowest BCUT2D eigenvalue weighted by molar-refractivity contribution is -0.151. The van der Waals surface area contributed by atoms with Gasteiger partial charge in [0.1, 0.15) is 0 Å². The van der Waals surface area contributed by atoms with Crippen molar-refractivity contribution in [3.63, 3.8) is 0 Å². The summed E-state index contributed by atoms with van der Waals surface area (Å²) in [6, 6.07) is 0. The average Bonchev–Trinajstić information content (AvgIpc) is 2.97. The predicted molar refractivity (Wildman–Crippen MR) is 181 cm³/mol. The second-order valence-electron chi connectivity index (χ2n) is 13.3. The van der Waals surface area contributed by atoms with Gasteiger partial charge in [-0.15, -0.1) is 0 Å². The molecule has 3 nitrogen and oxygen atoms in total. The van der Waals surface area contributed by atoms with E-state index in [-0.39, 0.29) is 18.0 Å². The fraction of sp³-hybridized carbons (Fsp3) is 0.974. The average molecular weight is 581 g/mol. The van der Waals surface area contributed by atoms with Gasteiger partial charge in [-0.2, -0.15) is 0 Å². The second-order valence-corrected chi connectivity index (χ2v) is 13.3. The number of rotatable bonds is 33. The molecule has 0 aliphatic heterocycles. The van der Waals surface area contributed by atoms with Gasteiger partial charge in [0.2, 0.25) is 0 Å². The summed E-state index contributed by atoms with van der Waals surface area (Å²) >= 11 is 0. The first kappa shape index (κ1) is 40.4. The van der Waals surface area contributed by atoms with E-state index in [1.165, 1.54) is 141 Å². The first-order valence-electron chi connectivity index (χ1n) is 18.9. The Morgan fingerprint density at radius 1 is 0.488 bits per heavy atom. The van der Waals surface area contributed by atoms with Gasteiger partial charge < -0.3 is 9.84 Å². The van der Waals surface area contributed by atoms with Gasteiger partial charge in [0.15, 0.2) is 0 Å². The van der Waals surface area contributed by atoms with Crippen LogP contribution in [0.2, 0.25) is 0 Å². The monoisotopic (exact) mass is 581 g/mol. The minimum absolute atomic E-state index is 0.0807. The molecule has 3 unspecified atom stereocenters. The Balaban J connectivity index is 4.08. The fourth-order valence-electron chi connectivity index (χ4n) is 6.18. The Hall–Kier alpha value is -0.570. The van der Waals surface area contributed by atoms with Crippen molar-refractivity contribution in [1.29, 1.82) is 0 Å². The van der Waals surface area contributed by atoms with Gasteiger partial charge in [0, 0.05) is 0 Å². The molecule has 0 aromatic rings. The SMILES string of the molecule is CCCCCCCCCCCCOC(=O)C(CCCCCCCCCC(O)CCCCCC)C(C)CCCCCC. The first-order valence-corrected chi connectivity index (χ1v) is 18.9. The Bertz CT molecular complexity index is 520. The zero-order chi connectivity index (χ0) is 30.2. The van der Waals surface area contributed by atoms with Crippen molar-refractivity contribution in [2.24, 2.45) is 11.8 Å². The van der Waals surface area contributed by atoms with Crippen molar-refractivity contribution < 1.29 is 14.6 Å². The van der Waals surface area contributed by atoms with Crippen LogP contribution in [0.1, 0.15) is 214 Å². The number of carbonyl (C=O) groups excluding carboxylic acids is 1. The van der Waals surface area contributed by atoms with Crippen LogP contribution in [0.5, 0.6) is 0 Å². The van der Waals surface area contributed by atoms with Crippen LogP contribution >= 0.6 is 0 Å². The van der Waals surface area contributed by atoms with E-state index in [2.05, 4.69) is 27.7 Å². The summed E-state index contributed by atoms with van der Waals surface area (Å²) in [5, 5.41) is 10.1. The maximum Gasteiger partial charge on any atom is 0.309 e. The summed E-state index contributed by atoms with van der Waals surface area (Å²) in [7, 11) is 0. The highest BCUT2D eigenvalue weighted by Crippen LogP contribution is 2.26. The van der Waals surface area contributed by atoms with Gasteiger partial charge in [0.25, 0.3) is 0 Å². The summed E-state index contributed by atoms with van der Waals surface area (Å²) in [4.78, 5) is 13.1. The van der Waals surface area contributed by atoms with Crippen molar-refractivity contribution in [2.45, 2.75) is 220 Å². The molecule has 246 valence electrons. The third-order valence-electron chi connectivity index (χ3n) is 9.19. The van der Waals surface area contributed by atoms with Crippen molar-refractivity contribution in [1.82, 2.24) is 0 Å². The van der Waals surface area contributed by atoms with Crippen LogP contribution in [0, 0.1) is 11.8 Å². The van der Waals surface area contributed by atoms with E-state index in [0.717, 1.165) is 44.9 Å². The first-order chi connectivity index (χ1) is 20.1. The van der Waals surface area contributed by atoms with Gasteiger partial charge in [-0.05, 0) is 38.0 Å². The molecule has 0 saturated heterocycles. The van der Waals surface area contributed by atoms with Gasteiger partial charge in [-0.1, -0.05) is 182 Å². The summed E-state index contributed by atoms with van der Waals surface area (Å²) in [6.45, 7) is 9.67. The normalized spacial score (nSPS) is 13.8. The zero-order valence-electron chi connectivity index (χ0n) is 28.7. The van der Waals surface area contributed by atoms with Crippen molar-refractivity contribution in [3.8, 4) is 0 Å². The number of aliphatic hydroxyl groups excluding tert-OH is 1. The molecular weight excluding hydrogens is 504 g/mol. The van der Waals surface area contributed by atoms with Crippen molar-refractivity contribution >= 4 is 5.97 Å². The van der Waals surface area contributed by atoms with E-state index in [4.69, 9.17) is 4.74 Å². The number of hydrogen-bond donors (Lipinski definition) is 1. The maximum atomic E-state index is 13.1. The van der Waals surface area contributed by atoms with Gasteiger partial charge >= 0.3 is 5.97 Å². The van der Waals surface area contributed by atoms with Gasteiger partial charge in [-0.3, -0.25) is 4.79 Å². The lowest BCUT2D eigenvalue weighted by atomic mass is 9.85. The van der Waals surface area contributed by atoms with Crippen LogP contribution in [-0.4, -0.2) is 23.8 Å². The molecule has 0 heterocycles. The highest BCUT2D eigenvalue weighted by atomic mass is 16.5. The van der Waals surface area contributed by atoms with Crippen molar-refractivity contribution in [3.05, 3.63) is 0 Å². The number of aliphatic hydroxyl groups is 1. The van der Waals surface area contributed by atoms with E-state index in [0.29, 0.717) is 12.5 Å². The Morgan fingerprint density at radius 3 is 1.29 bits per heavy atom. The minimum atomic E-state index is -0.0855. The summed E-state index contributed by atoms with van der Waals surface area (Å²) in [5.41, 5.74) is 0. The fourth-order valence-corrected chi connectivity index (χ4v) is 6.18. The summed E-state index contributed by atoms with van der Waals surface area (Å²) < 4.78 is 5.84. The van der Waals surface area contributed by atoms with E-state index >= 15 is 0 Å². The van der Waals surface area contributed by atoms with Crippen LogP contribution in [0.3, 0.4) is 0 Å². The molecule has 0 aromatic carbocycles. The molecule has 0 aliphatic carbocycles. The van der Waals surface area contributed by atoms with Crippen LogP contribution in [-0.2, 0) is 9.53 Å². The lowest BCUT2D eigenvalue weighted by Crippen LogP contribution is -2.25. The predicted octanol–water partition coefficient (Wildman–Crippen LogP) is 12.5. The molecule has 0 rings (SSSR count). The number of carbonyl (C=O) groups is 1. The molecule has 1 N–H and O–H groups in total. The van der Waals surface area contributed by atoms with Gasteiger partial charge in [0.05, 0.1) is 18.6 Å². The number of hydrogen-bond acceptors (Lipinski definition) is 3. The highest BCUT2D eigenvalue weighted by molar-refractivity contribution is 5.72. The molecule has 0 bridgehead atoms. The molecule has 0 spiro atoms. The van der Waals surface area contributed by atoms with Crippen LogP contribution in [0.25, 0.3) is 0 Å². The number of ether oxygens (including phenoxy) is 1. The third-order valence-corrected chi connectivity index (χ3v) is 9.19. The van der Waals surface area contributed by atoms with E-state index in [1.54, 1.807) is 0 Å². The van der Waals surface area contributed by atoms with E-state index in [9.17, 15) is 9.90 Å². The molecule has 3 atom stereocenters. The molecule has 0 aliphatic rings. The molecule has 0 radical (unpaired) electrons. The van der Waals surface area contributed by atoms with Crippen LogP contribution < -0.4 is 0 Å². The smallest absolute Gasteiger partial charge is 0.309 e. The van der Waals surface area contributed by atoms with E-state index < -0.39 is 0 Å². The number of esters is 1.